The number of aryl methyl sites for hydroxylation is 3. The maximum Gasteiger partial charge on any atom is 0.240 e. The molecule has 0 radical (unpaired) electrons. The molecule has 2 aromatic carbocycles. The van der Waals surface area contributed by atoms with Crippen LogP contribution in [0.25, 0.3) is 0 Å². The molecule has 1 amide bonds. The molecule has 0 aliphatic heterocycles. The fraction of sp³-hybridized carbons (Fsp3) is 0.348. The first kappa shape index (κ1) is 22.2. The predicted octanol–water partition coefficient (Wildman–Crippen LogP) is 2.57. The zero-order valence-corrected chi connectivity index (χ0v) is 18.8. The van der Waals surface area contributed by atoms with E-state index in [0.717, 1.165) is 36.8 Å². The van der Waals surface area contributed by atoms with Crippen LogP contribution in [-0.2, 0) is 27.7 Å². The zero-order valence-electron chi connectivity index (χ0n) is 18.0. The third-order valence-electron chi connectivity index (χ3n) is 5.59. The highest BCUT2D eigenvalue weighted by Gasteiger charge is 2.22. The number of H-pyrrole nitrogens is 1. The summed E-state index contributed by atoms with van der Waals surface area (Å²) in [6.07, 6.45) is 4.12. The fourth-order valence-corrected chi connectivity index (χ4v) is 5.01. The minimum atomic E-state index is -3.68. The van der Waals surface area contributed by atoms with Gasteiger partial charge in [0.1, 0.15) is 11.9 Å². The fourth-order valence-electron chi connectivity index (χ4n) is 3.92. The van der Waals surface area contributed by atoms with Crippen molar-refractivity contribution in [2.24, 2.45) is 0 Å². The normalized spacial score (nSPS) is 14.5. The Bertz CT molecular complexity index is 1190. The predicted molar refractivity (Wildman–Crippen MR) is 120 cm³/mol. The number of nitrogens with one attached hydrogen (secondary N) is 3. The van der Waals surface area contributed by atoms with Gasteiger partial charge < -0.3 is 5.32 Å². The number of benzene rings is 2. The first-order valence-electron chi connectivity index (χ1n) is 10.8. The van der Waals surface area contributed by atoms with Gasteiger partial charge in [-0.25, -0.2) is 18.1 Å². The molecule has 168 valence electrons. The van der Waals surface area contributed by atoms with Crippen molar-refractivity contribution in [3.05, 3.63) is 76.9 Å². The van der Waals surface area contributed by atoms with Crippen LogP contribution in [0.15, 0.2) is 53.4 Å². The number of fused-ring (bicyclic) bond motifs is 1. The Morgan fingerprint density at radius 3 is 2.56 bits per heavy atom. The summed E-state index contributed by atoms with van der Waals surface area (Å²) in [4.78, 5) is 17.2. The van der Waals surface area contributed by atoms with Crippen molar-refractivity contribution in [3.8, 4) is 0 Å². The molecule has 8 nitrogen and oxygen atoms in total. The Morgan fingerprint density at radius 1 is 1.09 bits per heavy atom. The number of carbonyl (C=O) groups is 1. The van der Waals surface area contributed by atoms with Crippen molar-refractivity contribution in [3.63, 3.8) is 0 Å². The summed E-state index contributed by atoms with van der Waals surface area (Å²) >= 11 is 0. The molecule has 0 saturated carbocycles. The number of hydrogen-bond acceptors (Lipinski definition) is 5. The van der Waals surface area contributed by atoms with Crippen molar-refractivity contribution >= 4 is 15.9 Å². The lowest BCUT2D eigenvalue weighted by Gasteiger charge is -2.17. The van der Waals surface area contributed by atoms with E-state index >= 15 is 0 Å². The zero-order chi connectivity index (χ0) is 22.6. The van der Waals surface area contributed by atoms with Gasteiger partial charge in [0.15, 0.2) is 5.82 Å². The van der Waals surface area contributed by atoms with Crippen LogP contribution in [-0.4, -0.2) is 36.1 Å². The smallest absolute Gasteiger partial charge is 0.240 e. The number of aromatic amines is 1. The first-order valence-corrected chi connectivity index (χ1v) is 12.3. The minimum Gasteiger partial charge on any atom is -0.342 e. The molecular weight excluding hydrogens is 426 g/mol. The molecule has 3 N–H and O–H groups in total. The summed E-state index contributed by atoms with van der Waals surface area (Å²) in [5.74, 6) is 0.805. The summed E-state index contributed by atoms with van der Waals surface area (Å²) in [6.45, 7) is 1.79. The largest absolute Gasteiger partial charge is 0.342 e. The van der Waals surface area contributed by atoms with E-state index < -0.39 is 16.1 Å². The number of nitrogens with zero attached hydrogens (tertiary/aromatic N) is 2. The van der Waals surface area contributed by atoms with E-state index in [9.17, 15) is 13.2 Å². The Balaban J connectivity index is 1.38. The Kier molecular flexibility index (Phi) is 6.66. The van der Waals surface area contributed by atoms with E-state index in [0.29, 0.717) is 11.6 Å². The van der Waals surface area contributed by atoms with E-state index in [2.05, 4.69) is 25.2 Å². The van der Waals surface area contributed by atoms with Gasteiger partial charge in [-0.1, -0.05) is 36.4 Å². The van der Waals surface area contributed by atoms with Crippen molar-refractivity contribution in [2.45, 2.75) is 50.0 Å². The molecule has 0 bridgehead atoms. The molecule has 1 atom stereocenters. The molecule has 1 aromatic heterocycles. The van der Waals surface area contributed by atoms with E-state index in [-0.39, 0.29) is 23.8 Å². The van der Waals surface area contributed by atoms with Gasteiger partial charge in [0.05, 0.1) is 4.90 Å². The molecule has 0 fully saturated rings. The molecule has 4 rings (SSSR count). The average molecular weight is 454 g/mol. The van der Waals surface area contributed by atoms with Crippen LogP contribution in [0.5, 0.6) is 0 Å². The summed E-state index contributed by atoms with van der Waals surface area (Å²) in [5.41, 5.74) is 3.17. The highest BCUT2D eigenvalue weighted by atomic mass is 32.2. The van der Waals surface area contributed by atoms with Crippen molar-refractivity contribution < 1.29 is 13.2 Å². The van der Waals surface area contributed by atoms with E-state index in [1.54, 1.807) is 19.1 Å². The Labute approximate surface area is 187 Å². The lowest BCUT2D eigenvalue weighted by atomic mass is 9.92. The minimum absolute atomic E-state index is 0.000215. The van der Waals surface area contributed by atoms with Crippen LogP contribution < -0.4 is 10.0 Å². The second-order valence-corrected chi connectivity index (χ2v) is 9.74. The third kappa shape index (κ3) is 5.23. The van der Waals surface area contributed by atoms with Crippen molar-refractivity contribution in [2.75, 3.05) is 6.54 Å². The van der Waals surface area contributed by atoms with Crippen molar-refractivity contribution in [1.29, 1.82) is 0 Å². The quantitative estimate of drug-likeness (QED) is 0.485. The average Bonchev–Trinajstić information content (AvgIpc) is 3.23. The maximum absolute atomic E-state index is 12.7. The Morgan fingerprint density at radius 2 is 1.84 bits per heavy atom. The van der Waals surface area contributed by atoms with Crippen LogP contribution in [0.2, 0.25) is 0 Å². The standard InChI is InChI=1S/C23H27N5O3S/c1-16-25-23(28-27-16)22(18-8-3-2-4-9-18)26-21(29)13-14-24-32(30,31)20-12-11-17-7-5-6-10-19(17)15-20/h2-4,8-9,11-12,15,22,24H,5-7,10,13-14H2,1H3,(H,26,29)(H,25,27,28). The number of sulfonamides is 1. The SMILES string of the molecule is Cc1nc(C(NC(=O)CCNS(=O)(=O)c2ccc3c(c2)CCCC3)c2ccccc2)n[nH]1. The molecular formula is C23H27N5O3S. The highest BCUT2D eigenvalue weighted by molar-refractivity contribution is 7.89. The lowest BCUT2D eigenvalue weighted by Crippen LogP contribution is -2.34. The van der Waals surface area contributed by atoms with Gasteiger partial charge in [0.2, 0.25) is 15.9 Å². The summed E-state index contributed by atoms with van der Waals surface area (Å²) < 4.78 is 27.9. The third-order valence-corrected chi connectivity index (χ3v) is 7.04. The molecule has 0 saturated heterocycles. The molecule has 1 aliphatic rings. The number of carbonyl (C=O) groups excluding carboxylic acids is 1. The number of amides is 1. The monoisotopic (exact) mass is 453 g/mol. The molecule has 9 heteroatoms. The molecule has 1 unspecified atom stereocenters. The summed E-state index contributed by atoms with van der Waals surface area (Å²) in [6, 6.07) is 14.2. The lowest BCUT2D eigenvalue weighted by molar-refractivity contribution is -0.121. The molecule has 1 aliphatic carbocycles. The molecule has 32 heavy (non-hydrogen) atoms. The summed E-state index contributed by atoms with van der Waals surface area (Å²) in [5, 5.41) is 9.88. The number of rotatable bonds is 8. The van der Waals surface area contributed by atoms with Gasteiger partial charge >= 0.3 is 0 Å². The summed E-state index contributed by atoms with van der Waals surface area (Å²) in [7, 11) is -3.68. The second kappa shape index (κ2) is 9.62. The van der Waals surface area contributed by atoms with Gasteiger partial charge in [0.25, 0.3) is 0 Å². The van der Waals surface area contributed by atoms with Crippen LogP contribution in [0.3, 0.4) is 0 Å². The first-order chi connectivity index (χ1) is 15.4. The highest BCUT2D eigenvalue weighted by Crippen LogP contribution is 2.24. The van der Waals surface area contributed by atoms with Crippen LogP contribution in [0.4, 0.5) is 0 Å². The van der Waals surface area contributed by atoms with Gasteiger partial charge in [0, 0.05) is 13.0 Å². The molecule has 3 aromatic rings. The maximum atomic E-state index is 12.7. The van der Waals surface area contributed by atoms with E-state index in [1.165, 1.54) is 5.56 Å². The molecule has 1 heterocycles. The van der Waals surface area contributed by atoms with E-state index in [1.807, 2.05) is 36.4 Å². The Hall–Kier alpha value is -3.04. The van der Waals surface area contributed by atoms with Crippen LogP contribution in [0.1, 0.15) is 53.6 Å². The second-order valence-electron chi connectivity index (χ2n) is 7.98. The molecule has 0 spiro atoms. The van der Waals surface area contributed by atoms with Crippen LogP contribution >= 0.6 is 0 Å². The number of hydrogen-bond donors (Lipinski definition) is 3. The number of aromatic nitrogens is 3. The van der Waals surface area contributed by atoms with Gasteiger partial charge in [-0.15, -0.1) is 0 Å². The van der Waals surface area contributed by atoms with Gasteiger partial charge in [-0.05, 0) is 61.4 Å². The van der Waals surface area contributed by atoms with Gasteiger partial charge in [-0.3, -0.25) is 9.89 Å². The van der Waals surface area contributed by atoms with E-state index in [4.69, 9.17) is 0 Å². The van der Waals surface area contributed by atoms with Crippen LogP contribution in [0, 0.1) is 6.92 Å². The van der Waals surface area contributed by atoms with Gasteiger partial charge in [-0.2, -0.15) is 5.10 Å². The van der Waals surface area contributed by atoms with Crippen molar-refractivity contribution in [1.82, 2.24) is 25.2 Å². The topological polar surface area (TPSA) is 117 Å².